The molecule has 52 valence electrons. The molecule has 9 heavy (non-hydrogen) atoms. The van der Waals surface area contributed by atoms with Gasteiger partial charge in [-0.05, 0) is 19.8 Å². The smallest absolute Gasteiger partial charge is 0.0433 e. The van der Waals surface area contributed by atoms with Crippen molar-refractivity contribution in [3.05, 3.63) is 24.3 Å². The molecule has 0 bridgehead atoms. The molecule has 0 saturated heterocycles. The number of hydrogen-bond donors (Lipinski definition) is 1. The number of aliphatic hydroxyl groups is 1. The van der Waals surface area contributed by atoms with Gasteiger partial charge in [-0.15, -0.1) is 0 Å². The molecule has 0 aliphatic rings. The first kappa shape index (κ1) is 8.44. The molecule has 0 unspecified atom stereocenters. The van der Waals surface area contributed by atoms with Crippen LogP contribution < -0.4 is 0 Å². The van der Waals surface area contributed by atoms with Crippen molar-refractivity contribution in [2.75, 3.05) is 6.61 Å². The van der Waals surface area contributed by atoms with Crippen molar-refractivity contribution >= 4 is 0 Å². The van der Waals surface area contributed by atoms with Crippen LogP contribution in [0.4, 0.5) is 0 Å². The van der Waals surface area contributed by atoms with Crippen LogP contribution in [-0.4, -0.2) is 11.7 Å². The predicted molar refractivity (Wildman–Crippen MR) is 40.3 cm³/mol. The van der Waals surface area contributed by atoms with E-state index in [9.17, 15) is 0 Å². The zero-order chi connectivity index (χ0) is 6.95. The summed E-state index contributed by atoms with van der Waals surface area (Å²) in [5.74, 6) is 0. The normalized spacial score (nSPS) is 11.8. The lowest BCUT2D eigenvalue weighted by atomic mass is 10.3. The minimum atomic E-state index is 0.292. The minimum Gasteiger partial charge on any atom is -0.396 e. The Balaban J connectivity index is 3.04. The van der Waals surface area contributed by atoms with Gasteiger partial charge in [0.25, 0.3) is 0 Å². The second-order valence-electron chi connectivity index (χ2n) is 1.82. The van der Waals surface area contributed by atoms with E-state index >= 15 is 0 Å². The summed E-state index contributed by atoms with van der Waals surface area (Å²) < 4.78 is 0. The Labute approximate surface area is 56.7 Å². The van der Waals surface area contributed by atoms with Crippen molar-refractivity contribution in [1.29, 1.82) is 0 Å². The van der Waals surface area contributed by atoms with E-state index in [1.807, 2.05) is 25.2 Å². The Morgan fingerprint density at radius 2 is 2.11 bits per heavy atom. The summed E-state index contributed by atoms with van der Waals surface area (Å²) in [4.78, 5) is 0. The van der Waals surface area contributed by atoms with Gasteiger partial charge in [0.1, 0.15) is 0 Å². The van der Waals surface area contributed by atoms with Gasteiger partial charge in [0.2, 0.25) is 0 Å². The maximum atomic E-state index is 8.37. The Morgan fingerprint density at radius 3 is 2.67 bits per heavy atom. The van der Waals surface area contributed by atoms with Crippen molar-refractivity contribution < 1.29 is 5.11 Å². The van der Waals surface area contributed by atoms with Crippen LogP contribution in [0.1, 0.15) is 19.8 Å². The third kappa shape index (κ3) is 7.44. The molecular formula is C8H14O. The van der Waals surface area contributed by atoms with E-state index in [4.69, 9.17) is 5.11 Å². The van der Waals surface area contributed by atoms with Gasteiger partial charge in [-0.2, -0.15) is 0 Å². The molecule has 1 nitrogen and oxygen atoms in total. The van der Waals surface area contributed by atoms with Gasteiger partial charge >= 0.3 is 0 Å². The summed E-state index contributed by atoms with van der Waals surface area (Å²) in [7, 11) is 0. The number of aliphatic hydroxyl groups excluding tert-OH is 1. The lowest BCUT2D eigenvalue weighted by Crippen LogP contribution is -1.77. The molecule has 0 aliphatic heterocycles. The van der Waals surface area contributed by atoms with E-state index in [2.05, 4.69) is 6.08 Å². The van der Waals surface area contributed by atoms with Crippen LogP contribution in [0.5, 0.6) is 0 Å². The van der Waals surface area contributed by atoms with E-state index in [1.165, 1.54) is 0 Å². The number of unbranched alkanes of at least 4 members (excludes halogenated alkanes) is 1. The molecule has 0 aromatic rings. The summed E-state index contributed by atoms with van der Waals surface area (Å²) in [6.45, 7) is 2.27. The molecule has 0 heterocycles. The lowest BCUT2D eigenvalue weighted by Gasteiger charge is -1.84. The van der Waals surface area contributed by atoms with Gasteiger partial charge in [-0.25, -0.2) is 0 Å². The molecule has 1 heteroatoms. The number of rotatable bonds is 4. The zero-order valence-electron chi connectivity index (χ0n) is 5.88. The third-order valence-corrected chi connectivity index (χ3v) is 0.969. The van der Waals surface area contributed by atoms with E-state index in [-0.39, 0.29) is 0 Å². The number of allylic oxidation sites excluding steroid dienone is 4. The first-order valence-electron chi connectivity index (χ1n) is 3.30. The first-order chi connectivity index (χ1) is 4.41. The minimum absolute atomic E-state index is 0.292. The predicted octanol–water partition coefficient (Wildman–Crippen LogP) is 1.89. The fraction of sp³-hybridized carbons (Fsp3) is 0.500. The Bertz CT molecular complexity index is 92.7. The van der Waals surface area contributed by atoms with Crippen LogP contribution >= 0.6 is 0 Å². The maximum absolute atomic E-state index is 8.37. The number of hydrogen-bond acceptors (Lipinski definition) is 1. The Hall–Kier alpha value is -0.560. The molecule has 0 aliphatic carbocycles. The fourth-order valence-corrected chi connectivity index (χ4v) is 0.495. The van der Waals surface area contributed by atoms with Crippen LogP contribution in [0.2, 0.25) is 0 Å². The second-order valence-corrected chi connectivity index (χ2v) is 1.82. The molecule has 0 amide bonds. The highest BCUT2D eigenvalue weighted by Crippen LogP contribution is 1.88. The van der Waals surface area contributed by atoms with Crippen LogP contribution in [-0.2, 0) is 0 Å². The summed E-state index contributed by atoms with van der Waals surface area (Å²) in [5, 5.41) is 8.37. The molecule has 0 aromatic heterocycles. The van der Waals surface area contributed by atoms with Gasteiger partial charge in [0, 0.05) is 6.61 Å². The SMILES string of the molecule is C/C=C\C=C/CCCO. The monoisotopic (exact) mass is 126 g/mol. The van der Waals surface area contributed by atoms with Gasteiger partial charge in [0.05, 0.1) is 0 Å². The van der Waals surface area contributed by atoms with Gasteiger partial charge in [-0.3, -0.25) is 0 Å². The van der Waals surface area contributed by atoms with E-state index in [0.29, 0.717) is 6.61 Å². The molecule has 0 rings (SSSR count). The molecule has 0 saturated carbocycles. The highest BCUT2D eigenvalue weighted by atomic mass is 16.2. The van der Waals surface area contributed by atoms with Crippen molar-refractivity contribution in [1.82, 2.24) is 0 Å². The van der Waals surface area contributed by atoms with Crippen LogP contribution in [0, 0.1) is 0 Å². The summed E-state index contributed by atoms with van der Waals surface area (Å²) >= 11 is 0. The fourth-order valence-electron chi connectivity index (χ4n) is 0.495. The topological polar surface area (TPSA) is 20.2 Å². The molecule has 0 radical (unpaired) electrons. The van der Waals surface area contributed by atoms with Gasteiger partial charge < -0.3 is 5.11 Å². The summed E-state index contributed by atoms with van der Waals surface area (Å²) in [5.41, 5.74) is 0. The van der Waals surface area contributed by atoms with Gasteiger partial charge in [-0.1, -0.05) is 24.3 Å². The molecule has 0 spiro atoms. The highest BCUT2D eigenvalue weighted by Gasteiger charge is 1.75. The average Bonchev–Trinajstić information content (AvgIpc) is 1.89. The molecular weight excluding hydrogens is 112 g/mol. The van der Waals surface area contributed by atoms with Crippen molar-refractivity contribution in [3.63, 3.8) is 0 Å². The van der Waals surface area contributed by atoms with E-state index < -0.39 is 0 Å². The van der Waals surface area contributed by atoms with E-state index in [1.54, 1.807) is 0 Å². The second kappa shape index (κ2) is 7.44. The van der Waals surface area contributed by atoms with Crippen molar-refractivity contribution in [3.8, 4) is 0 Å². The zero-order valence-corrected chi connectivity index (χ0v) is 5.88. The lowest BCUT2D eigenvalue weighted by molar-refractivity contribution is 0.289. The van der Waals surface area contributed by atoms with Crippen molar-refractivity contribution in [2.24, 2.45) is 0 Å². The molecule has 0 atom stereocenters. The quantitative estimate of drug-likeness (QED) is 0.450. The van der Waals surface area contributed by atoms with Gasteiger partial charge in [0.15, 0.2) is 0 Å². The maximum Gasteiger partial charge on any atom is 0.0433 e. The molecule has 0 fully saturated rings. The molecule has 1 N–H and O–H groups in total. The first-order valence-corrected chi connectivity index (χ1v) is 3.30. The standard InChI is InChI=1S/C8H14O/c1-2-3-4-5-6-7-8-9/h2-5,9H,6-8H2,1H3/b3-2-,5-4-. The Morgan fingerprint density at radius 1 is 1.33 bits per heavy atom. The Kier molecular flexibility index (Phi) is 6.98. The summed E-state index contributed by atoms with van der Waals surface area (Å²) in [6, 6.07) is 0. The summed E-state index contributed by atoms with van der Waals surface area (Å²) in [6.07, 6.45) is 9.85. The largest absolute Gasteiger partial charge is 0.396 e. The highest BCUT2D eigenvalue weighted by molar-refractivity contribution is 5.00. The molecule has 0 aromatic carbocycles. The van der Waals surface area contributed by atoms with E-state index in [0.717, 1.165) is 12.8 Å². The average molecular weight is 126 g/mol. The van der Waals surface area contributed by atoms with Crippen LogP contribution in [0.25, 0.3) is 0 Å². The van der Waals surface area contributed by atoms with Crippen LogP contribution in [0.15, 0.2) is 24.3 Å². The third-order valence-electron chi connectivity index (χ3n) is 0.969. The van der Waals surface area contributed by atoms with Crippen molar-refractivity contribution in [2.45, 2.75) is 19.8 Å². The van der Waals surface area contributed by atoms with Crippen LogP contribution in [0.3, 0.4) is 0 Å².